The van der Waals surface area contributed by atoms with Gasteiger partial charge < -0.3 is 5.32 Å². The minimum atomic E-state index is -3.58. The summed E-state index contributed by atoms with van der Waals surface area (Å²) in [5.41, 5.74) is 0.0480. The van der Waals surface area contributed by atoms with Crippen LogP contribution in [0.1, 0.15) is 42.0 Å². The van der Waals surface area contributed by atoms with Crippen molar-refractivity contribution in [3.8, 4) is 5.82 Å². The van der Waals surface area contributed by atoms with Gasteiger partial charge in [-0.3, -0.25) is 14.9 Å². The number of nitrogens with zero attached hydrogens (tertiary/aromatic N) is 4. The maximum atomic E-state index is 12.9. The zero-order valence-corrected chi connectivity index (χ0v) is 21.5. The van der Waals surface area contributed by atoms with Crippen molar-refractivity contribution >= 4 is 62.4 Å². The molecule has 1 aromatic carbocycles. The van der Waals surface area contributed by atoms with Gasteiger partial charge in [0.05, 0.1) is 16.0 Å². The number of benzene rings is 1. The molecule has 1 aliphatic rings. The second-order valence-corrected chi connectivity index (χ2v) is 11.7. The van der Waals surface area contributed by atoms with Gasteiger partial charge in [-0.1, -0.05) is 23.2 Å². The predicted octanol–water partition coefficient (Wildman–Crippen LogP) is 3.57. The van der Waals surface area contributed by atoms with Crippen molar-refractivity contribution in [2.75, 3.05) is 11.6 Å². The molecule has 2 amide bonds. The highest BCUT2D eigenvalue weighted by atomic mass is 35.5. The van der Waals surface area contributed by atoms with E-state index in [9.17, 15) is 18.0 Å². The van der Waals surface area contributed by atoms with Crippen LogP contribution in [0.3, 0.4) is 0 Å². The predicted molar refractivity (Wildman–Crippen MR) is 131 cm³/mol. The number of pyridine rings is 1. The van der Waals surface area contributed by atoms with E-state index >= 15 is 0 Å². The van der Waals surface area contributed by atoms with Crippen molar-refractivity contribution in [3.05, 3.63) is 58.0 Å². The molecule has 0 bridgehead atoms. The summed E-state index contributed by atoms with van der Waals surface area (Å²) < 4.78 is 25.2. The third-order valence-corrected chi connectivity index (χ3v) is 7.26. The average Bonchev–Trinajstić information content (AvgIpc) is 3.40. The minimum absolute atomic E-state index is 0.0168. The van der Waals surface area contributed by atoms with Gasteiger partial charge >= 0.3 is 0 Å². The Morgan fingerprint density at radius 1 is 1.14 bits per heavy atom. The Morgan fingerprint density at radius 2 is 1.86 bits per heavy atom. The van der Waals surface area contributed by atoms with E-state index in [0.717, 1.165) is 6.26 Å². The van der Waals surface area contributed by atoms with Crippen LogP contribution in [0.2, 0.25) is 10.0 Å². The number of alkyl halides is 1. The Labute approximate surface area is 215 Å². The third kappa shape index (κ3) is 5.75. The first-order valence-corrected chi connectivity index (χ1v) is 13.3. The molecule has 2 aromatic heterocycles. The first-order chi connectivity index (χ1) is 16.4. The first kappa shape index (κ1) is 25.4. The molecular formula is C21H19Cl3N6O4S. The van der Waals surface area contributed by atoms with Gasteiger partial charge in [-0.05, 0) is 50.1 Å². The maximum absolute atomic E-state index is 12.9. The van der Waals surface area contributed by atoms with Crippen molar-refractivity contribution in [2.45, 2.75) is 35.6 Å². The van der Waals surface area contributed by atoms with E-state index in [-0.39, 0.29) is 27.3 Å². The van der Waals surface area contributed by atoms with Gasteiger partial charge in [0.15, 0.2) is 21.5 Å². The third-order valence-electron chi connectivity index (χ3n) is 5.18. The van der Waals surface area contributed by atoms with Crippen LogP contribution in [0, 0.1) is 0 Å². The van der Waals surface area contributed by atoms with Gasteiger partial charge in [-0.2, -0.15) is 9.67 Å². The van der Waals surface area contributed by atoms with Crippen LogP contribution < -0.4 is 10.6 Å². The molecular weight excluding hydrogens is 539 g/mol. The van der Waals surface area contributed by atoms with Gasteiger partial charge in [0.25, 0.3) is 5.91 Å². The molecule has 2 N–H and O–H groups in total. The fourth-order valence-corrected chi connectivity index (χ4v) is 4.36. The van der Waals surface area contributed by atoms with Crippen molar-refractivity contribution < 1.29 is 18.0 Å². The highest BCUT2D eigenvalue weighted by molar-refractivity contribution is 7.90. The highest BCUT2D eigenvalue weighted by Crippen LogP contribution is 2.43. The molecule has 1 saturated carbocycles. The first-order valence-electron chi connectivity index (χ1n) is 10.3. The van der Waals surface area contributed by atoms with Crippen LogP contribution in [0.15, 0.2) is 41.4 Å². The van der Waals surface area contributed by atoms with Crippen molar-refractivity contribution in [3.63, 3.8) is 0 Å². The van der Waals surface area contributed by atoms with Gasteiger partial charge in [0.2, 0.25) is 11.9 Å². The van der Waals surface area contributed by atoms with Crippen LogP contribution in [0.4, 0.5) is 5.95 Å². The molecule has 0 spiro atoms. The molecule has 0 saturated heterocycles. The Hall–Kier alpha value is -2.73. The quantitative estimate of drug-likeness (QED) is 0.424. The Bertz CT molecular complexity index is 1420. The number of anilines is 1. The monoisotopic (exact) mass is 556 g/mol. The van der Waals surface area contributed by atoms with Gasteiger partial charge in [-0.25, -0.2) is 13.4 Å². The number of carbonyl (C=O) groups is 2. The van der Waals surface area contributed by atoms with Gasteiger partial charge in [0, 0.05) is 23.0 Å². The zero-order chi connectivity index (χ0) is 25.5. The Balaban J connectivity index is 1.64. The standard InChI is InChI=1S/C21H19Cl3N6O4S/c1-11(26-18(31)12-7-14(23)9-15(8-12)35(2,33)34)17-27-20(28-19(32)21(24)5-6-21)29-30(17)16-4-3-13(22)10-25-16/h3-4,7-11H,5-6H2,1-2H3,(H,26,31)(H,28,29,32). The summed E-state index contributed by atoms with van der Waals surface area (Å²) >= 11 is 18.1. The molecule has 0 aliphatic heterocycles. The summed E-state index contributed by atoms with van der Waals surface area (Å²) in [4.78, 5) is 32.9. The van der Waals surface area contributed by atoms with E-state index in [2.05, 4.69) is 25.7 Å². The largest absolute Gasteiger partial charge is 0.342 e. The fraction of sp³-hybridized carbons (Fsp3) is 0.286. The number of rotatable bonds is 7. The molecule has 1 fully saturated rings. The lowest BCUT2D eigenvalue weighted by Gasteiger charge is -2.15. The Morgan fingerprint density at radius 3 is 2.46 bits per heavy atom. The van der Waals surface area contributed by atoms with Gasteiger partial charge in [-0.15, -0.1) is 16.7 Å². The van der Waals surface area contributed by atoms with Crippen LogP contribution in [-0.4, -0.2) is 51.1 Å². The van der Waals surface area contributed by atoms with Crippen molar-refractivity contribution in [2.24, 2.45) is 0 Å². The highest BCUT2D eigenvalue weighted by Gasteiger charge is 2.48. The average molecular weight is 558 g/mol. The molecule has 10 nitrogen and oxygen atoms in total. The van der Waals surface area contributed by atoms with Crippen LogP contribution in [0.5, 0.6) is 0 Å². The van der Waals surface area contributed by atoms with Crippen molar-refractivity contribution in [1.29, 1.82) is 0 Å². The molecule has 2 heterocycles. The number of nitrogens with one attached hydrogen (secondary N) is 2. The summed E-state index contributed by atoms with van der Waals surface area (Å²) in [5.74, 6) is -0.444. The molecule has 0 radical (unpaired) electrons. The van der Waals surface area contributed by atoms with E-state index in [1.165, 1.54) is 29.1 Å². The number of halogens is 3. The second kappa shape index (κ2) is 9.38. The van der Waals surface area contributed by atoms with Gasteiger partial charge in [0.1, 0.15) is 4.87 Å². The SMILES string of the molecule is CC(NC(=O)c1cc(Cl)cc(S(C)(=O)=O)c1)c1nc(NC(=O)C2(Cl)CC2)nn1-c1ccc(Cl)cn1. The van der Waals surface area contributed by atoms with E-state index in [0.29, 0.717) is 23.7 Å². The molecule has 184 valence electrons. The van der Waals surface area contributed by atoms with Crippen LogP contribution >= 0.6 is 34.8 Å². The molecule has 1 unspecified atom stereocenters. The van der Waals surface area contributed by atoms with E-state index in [1.807, 2.05) is 0 Å². The van der Waals surface area contributed by atoms with Crippen LogP contribution in [0.25, 0.3) is 5.82 Å². The lowest BCUT2D eigenvalue weighted by Crippen LogP contribution is -2.29. The Kier molecular flexibility index (Phi) is 6.80. The number of hydrogen-bond donors (Lipinski definition) is 2. The van der Waals surface area contributed by atoms with E-state index in [1.54, 1.807) is 19.1 Å². The normalized spacial score (nSPS) is 15.3. The second-order valence-electron chi connectivity index (χ2n) is 8.10. The summed E-state index contributed by atoms with van der Waals surface area (Å²) in [6.45, 7) is 1.64. The van der Waals surface area contributed by atoms with E-state index in [4.69, 9.17) is 34.8 Å². The summed E-state index contributed by atoms with van der Waals surface area (Å²) in [5, 5.41) is 10.1. The molecule has 4 rings (SSSR count). The van der Waals surface area contributed by atoms with Crippen LogP contribution in [-0.2, 0) is 14.6 Å². The topological polar surface area (TPSA) is 136 Å². The molecule has 14 heteroatoms. The molecule has 35 heavy (non-hydrogen) atoms. The van der Waals surface area contributed by atoms with Crippen molar-refractivity contribution in [1.82, 2.24) is 25.1 Å². The summed E-state index contributed by atoms with van der Waals surface area (Å²) in [6.07, 6.45) is 3.54. The lowest BCUT2D eigenvalue weighted by atomic mass is 10.2. The smallest absolute Gasteiger partial charge is 0.251 e. The number of sulfone groups is 1. The molecule has 1 aliphatic carbocycles. The fourth-order valence-electron chi connectivity index (χ4n) is 3.12. The maximum Gasteiger partial charge on any atom is 0.251 e. The zero-order valence-electron chi connectivity index (χ0n) is 18.4. The summed E-state index contributed by atoms with van der Waals surface area (Å²) in [7, 11) is -3.58. The number of hydrogen-bond acceptors (Lipinski definition) is 7. The number of aromatic nitrogens is 4. The van der Waals surface area contributed by atoms with E-state index < -0.39 is 32.6 Å². The molecule has 3 aromatic rings. The minimum Gasteiger partial charge on any atom is -0.342 e. The number of carbonyl (C=O) groups excluding carboxylic acids is 2. The lowest BCUT2D eigenvalue weighted by molar-refractivity contribution is -0.116. The number of amides is 2. The summed E-state index contributed by atoms with van der Waals surface area (Å²) in [6, 6.07) is 6.30. The molecule has 1 atom stereocenters.